The molecular formula is C20H20F3N5O2. The Labute approximate surface area is 170 Å². The molecule has 1 fully saturated rings. The standard InChI is InChI=1S/C20H20F3N5O2/c21-20(22,23)13-5-6-16(25-11-13)27-8-2-7-26(9-10-27)12-28-18(29)14-3-1-4-15(24)17(14)19(28)30/h1,3-6,11H,2,7-10,12,24H2. The fraction of sp³-hybridized carbons (Fsp3) is 0.350. The molecule has 30 heavy (non-hydrogen) atoms. The molecule has 0 unspecified atom stereocenters. The number of rotatable bonds is 3. The minimum Gasteiger partial charge on any atom is -0.398 e. The van der Waals surface area contributed by atoms with Gasteiger partial charge in [0.1, 0.15) is 5.82 Å². The Hall–Kier alpha value is -3.14. The van der Waals surface area contributed by atoms with Crippen molar-refractivity contribution in [3.63, 3.8) is 0 Å². The van der Waals surface area contributed by atoms with Crippen LogP contribution in [0, 0.1) is 0 Å². The minimum atomic E-state index is -4.42. The number of carbonyl (C=O) groups is 2. The largest absolute Gasteiger partial charge is 0.417 e. The van der Waals surface area contributed by atoms with Gasteiger partial charge in [-0.15, -0.1) is 0 Å². The summed E-state index contributed by atoms with van der Waals surface area (Å²) in [5.74, 6) is -0.301. The van der Waals surface area contributed by atoms with E-state index in [2.05, 4.69) is 4.98 Å². The zero-order valence-electron chi connectivity index (χ0n) is 16.0. The molecule has 0 aliphatic carbocycles. The average Bonchev–Trinajstić information content (AvgIpc) is 2.87. The average molecular weight is 419 g/mol. The Kier molecular flexibility index (Phi) is 5.10. The highest BCUT2D eigenvalue weighted by molar-refractivity contribution is 6.23. The summed E-state index contributed by atoms with van der Waals surface area (Å²) in [6.45, 7) is 2.44. The summed E-state index contributed by atoms with van der Waals surface area (Å²) in [6, 6.07) is 7.21. The van der Waals surface area contributed by atoms with E-state index in [9.17, 15) is 22.8 Å². The molecule has 4 rings (SSSR count). The Morgan fingerprint density at radius 1 is 1.00 bits per heavy atom. The van der Waals surface area contributed by atoms with E-state index in [0.717, 1.165) is 12.3 Å². The van der Waals surface area contributed by atoms with E-state index in [4.69, 9.17) is 5.73 Å². The molecule has 0 spiro atoms. The van der Waals surface area contributed by atoms with E-state index < -0.39 is 17.6 Å². The molecule has 1 aromatic carbocycles. The van der Waals surface area contributed by atoms with Gasteiger partial charge in [-0.3, -0.25) is 19.4 Å². The van der Waals surface area contributed by atoms with E-state index >= 15 is 0 Å². The molecule has 2 amide bonds. The van der Waals surface area contributed by atoms with Crippen molar-refractivity contribution in [1.82, 2.24) is 14.8 Å². The maximum Gasteiger partial charge on any atom is 0.417 e. The number of nitrogens with zero attached hydrogens (tertiary/aromatic N) is 4. The number of anilines is 2. The predicted molar refractivity (Wildman–Crippen MR) is 104 cm³/mol. The molecule has 2 aliphatic heterocycles. The second-order valence-corrected chi connectivity index (χ2v) is 7.31. The van der Waals surface area contributed by atoms with E-state index in [0.29, 0.717) is 44.0 Å². The molecule has 2 N–H and O–H groups in total. The number of imide groups is 1. The molecule has 0 radical (unpaired) electrons. The van der Waals surface area contributed by atoms with Crippen LogP contribution in [-0.4, -0.2) is 59.4 Å². The molecule has 1 saturated heterocycles. The van der Waals surface area contributed by atoms with Gasteiger partial charge in [0.25, 0.3) is 11.8 Å². The molecule has 2 aliphatic rings. The third-order valence-corrected chi connectivity index (χ3v) is 5.36. The molecule has 0 bridgehead atoms. The van der Waals surface area contributed by atoms with Gasteiger partial charge < -0.3 is 10.6 Å². The van der Waals surface area contributed by atoms with E-state index in [-0.39, 0.29) is 23.8 Å². The predicted octanol–water partition coefficient (Wildman–Crippen LogP) is 2.45. The lowest BCUT2D eigenvalue weighted by Gasteiger charge is -2.26. The number of hydrogen-bond donors (Lipinski definition) is 1. The van der Waals surface area contributed by atoms with Gasteiger partial charge in [0.05, 0.1) is 23.4 Å². The number of hydrogen-bond acceptors (Lipinski definition) is 6. The maximum atomic E-state index is 12.7. The highest BCUT2D eigenvalue weighted by Gasteiger charge is 2.38. The van der Waals surface area contributed by atoms with E-state index in [1.807, 2.05) is 9.80 Å². The van der Waals surface area contributed by atoms with Crippen molar-refractivity contribution in [3.05, 3.63) is 53.2 Å². The fourth-order valence-corrected chi connectivity index (χ4v) is 3.77. The van der Waals surface area contributed by atoms with E-state index in [1.54, 1.807) is 18.2 Å². The van der Waals surface area contributed by atoms with E-state index in [1.165, 1.54) is 11.0 Å². The third-order valence-electron chi connectivity index (χ3n) is 5.36. The second-order valence-electron chi connectivity index (χ2n) is 7.31. The van der Waals surface area contributed by atoms with Crippen LogP contribution in [0.25, 0.3) is 0 Å². The van der Waals surface area contributed by atoms with Crippen LogP contribution in [0.2, 0.25) is 0 Å². The number of alkyl halides is 3. The molecule has 7 nitrogen and oxygen atoms in total. The Bertz CT molecular complexity index is 977. The van der Waals surface area contributed by atoms with Gasteiger partial charge in [0.15, 0.2) is 0 Å². The molecule has 2 aromatic rings. The minimum absolute atomic E-state index is 0.139. The summed E-state index contributed by atoms with van der Waals surface area (Å²) >= 11 is 0. The Morgan fingerprint density at radius 3 is 2.47 bits per heavy atom. The van der Waals surface area contributed by atoms with Gasteiger partial charge in [-0.05, 0) is 30.7 Å². The second kappa shape index (κ2) is 7.60. The molecule has 0 atom stereocenters. The highest BCUT2D eigenvalue weighted by Crippen LogP contribution is 2.30. The zero-order chi connectivity index (χ0) is 21.5. The van der Waals surface area contributed by atoms with Crippen LogP contribution in [-0.2, 0) is 6.18 Å². The van der Waals surface area contributed by atoms with Crippen LogP contribution in [0.3, 0.4) is 0 Å². The topological polar surface area (TPSA) is 82.8 Å². The van der Waals surface area contributed by atoms with Crippen molar-refractivity contribution in [2.24, 2.45) is 0 Å². The number of amides is 2. The Morgan fingerprint density at radius 2 is 1.80 bits per heavy atom. The first kappa shape index (κ1) is 20.1. The van der Waals surface area contributed by atoms with Crippen molar-refractivity contribution in [2.75, 3.05) is 43.5 Å². The van der Waals surface area contributed by atoms with Gasteiger partial charge in [-0.25, -0.2) is 4.98 Å². The molecule has 10 heteroatoms. The number of fused-ring (bicyclic) bond motifs is 1. The first-order chi connectivity index (χ1) is 14.3. The van der Waals surface area contributed by atoms with Crippen molar-refractivity contribution in [2.45, 2.75) is 12.6 Å². The summed E-state index contributed by atoms with van der Waals surface area (Å²) in [4.78, 5) is 34.3. The summed E-state index contributed by atoms with van der Waals surface area (Å²) in [5, 5.41) is 0. The lowest BCUT2D eigenvalue weighted by atomic mass is 10.1. The van der Waals surface area contributed by atoms with Crippen LogP contribution in [0.15, 0.2) is 36.5 Å². The highest BCUT2D eigenvalue weighted by atomic mass is 19.4. The van der Waals surface area contributed by atoms with Crippen molar-refractivity contribution >= 4 is 23.3 Å². The molecule has 158 valence electrons. The van der Waals surface area contributed by atoms with Crippen LogP contribution in [0.5, 0.6) is 0 Å². The molecule has 3 heterocycles. The number of aromatic nitrogens is 1. The van der Waals surface area contributed by atoms with Gasteiger partial charge in [-0.1, -0.05) is 6.07 Å². The van der Waals surface area contributed by atoms with Crippen LogP contribution in [0.1, 0.15) is 32.7 Å². The number of nitrogens with two attached hydrogens (primary N) is 1. The summed E-state index contributed by atoms with van der Waals surface area (Å²) in [5.41, 5.74) is 5.92. The molecule has 0 saturated carbocycles. The zero-order valence-corrected chi connectivity index (χ0v) is 16.0. The maximum absolute atomic E-state index is 12.7. The fourth-order valence-electron chi connectivity index (χ4n) is 3.77. The van der Waals surface area contributed by atoms with Gasteiger partial charge in [-0.2, -0.15) is 13.2 Å². The third kappa shape index (κ3) is 3.70. The number of halogens is 3. The van der Waals surface area contributed by atoms with Crippen molar-refractivity contribution in [3.8, 4) is 0 Å². The first-order valence-corrected chi connectivity index (χ1v) is 9.51. The normalized spacial score (nSPS) is 18.0. The summed E-state index contributed by atoms with van der Waals surface area (Å²) in [6.07, 6.45) is -2.87. The Balaban J connectivity index is 1.41. The number of pyridine rings is 1. The number of nitrogen functional groups attached to an aromatic ring is 1. The van der Waals surface area contributed by atoms with Crippen molar-refractivity contribution in [1.29, 1.82) is 0 Å². The van der Waals surface area contributed by atoms with Gasteiger partial charge in [0.2, 0.25) is 0 Å². The SMILES string of the molecule is Nc1cccc2c1C(=O)N(CN1CCCN(c3ccc(C(F)(F)F)cn3)CC1)C2=O. The van der Waals surface area contributed by atoms with Gasteiger partial charge >= 0.3 is 6.18 Å². The quantitative estimate of drug-likeness (QED) is 0.608. The smallest absolute Gasteiger partial charge is 0.398 e. The summed E-state index contributed by atoms with van der Waals surface area (Å²) < 4.78 is 38.2. The van der Waals surface area contributed by atoms with Crippen molar-refractivity contribution < 1.29 is 22.8 Å². The van der Waals surface area contributed by atoms with Gasteiger partial charge in [0, 0.05) is 38.1 Å². The van der Waals surface area contributed by atoms with Crippen LogP contribution < -0.4 is 10.6 Å². The van der Waals surface area contributed by atoms with Crippen LogP contribution in [0.4, 0.5) is 24.7 Å². The lowest BCUT2D eigenvalue weighted by molar-refractivity contribution is -0.137. The molecular weight excluding hydrogens is 399 g/mol. The monoisotopic (exact) mass is 419 g/mol. The van der Waals surface area contributed by atoms with Crippen LogP contribution >= 0.6 is 0 Å². The number of carbonyl (C=O) groups excluding carboxylic acids is 2. The molecule has 1 aromatic heterocycles. The summed E-state index contributed by atoms with van der Waals surface area (Å²) in [7, 11) is 0. The first-order valence-electron chi connectivity index (χ1n) is 9.51. The number of benzene rings is 1. The lowest BCUT2D eigenvalue weighted by Crippen LogP contribution is -2.42.